The zero-order valence-corrected chi connectivity index (χ0v) is 14.0. The van der Waals surface area contributed by atoms with Gasteiger partial charge in [-0.25, -0.2) is 4.79 Å². The van der Waals surface area contributed by atoms with Gasteiger partial charge in [0.15, 0.2) is 0 Å². The van der Waals surface area contributed by atoms with Crippen molar-refractivity contribution in [3.63, 3.8) is 0 Å². The molecule has 1 heterocycles. The van der Waals surface area contributed by atoms with Crippen molar-refractivity contribution in [2.45, 2.75) is 20.0 Å². The van der Waals surface area contributed by atoms with Crippen LogP contribution in [0.25, 0.3) is 27.7 Å². The highest BCUT2D eigenvalue weighted by atomic mass is 16.5. The third-order valence-corrected chi connectivity index (χ3v) is 4.14. The average Bonchev–Trinajstić information content (AvgIpc) is 3.11. The van der Waals surface area contributed by atoms with Crippen LogP contribution in [0.5, 0.6) is 5.75 Å². The van der Waals surface area contributed by atoms with Crippen LogP contribution in [0.3, 0.4) is 0 Å². The Hall–Kier alpha value is -3.21. The van der Waals surface area contributed by atoms with E-state index in [2.05, 4.69) is 11.2 Å². The van der Waals surface area contributed by atoms with Crippen LogP contribution in [-0.2, 0) is 0 Å². The number of nitrogens with zero attached hydrogens (tertiary/aromatic N) is 1. The summed E-state index contributed by atoms with van der Waals surface area (Å²) in [6.45, 7) is 4.02. The van der Waals surface area contributed by atoms with Gasteiger partial charge in [-0.2, -0.15) is 0 Å². The number of ether oxygens (including phenoxy) is 1. The first-order chi connectivity index (χ1) is 12.0. The Morgan fingerprint density at radius 3 is 2.76 bits per heavy atom. The van der Waals surface area contributed by atoms with Crippen molar-refractivity contribution in [2.24, 2.45) is 0 Å². The standard InChI is InChI=1S/C20H18N2O3/c1-12(2)25-17-6-7-18-14(10-17)8-15-11-22(21-19(15)18)16-5-3-4-13(9-16)20(23)24/h3-12,21H,1-2H3,(H,23,24). The number of aromatic carboxylic acids is 1. The second-order valence-electron chi connectivity index (χ2n) is 6.36. The van der Waals surface area contributed by atoms with Gasteiger partial charge in [-0.05, 0) is 61.7 Å². The lowest BCUT2D eigenvalue weighted by atomic mass is 10.2. The molecule has 2 N–H and O–H groups in total. The number of hydrogen-bond acceptors (Lipinski definition) is 2. The van der Waals surface area contributed by atoms with Crippen LogP contribution < -0.4 is 4.74 Å². The molecular weight excluding hydrogens is 316 g/mol. The maximum Gasteiger partial charge on any atom is 0.335 e. The lowest BCUT2D eigenvalue weighted by Crippen LogP contribution is -2.05. The molecular formula is C20H18N2O3. The summed E-state index contributed by atoms with van der Waals surface area (Å²) in [5, 5.41) is 14.7. The van der Waals surface area contributed by atoms with Gasteiger partial charge in [0.1, 0.15) is 5.75 Å². The molecule has 4 rings (SSSR count). The molecule has 0 saturated carbocycles. The first-order valence-corrected chi connectivity index (χ1v) is 8.15. The van der Waals surface area contributed by atoms with Crippen molar-refractivity contribution in [1.82, 2.24) is 9.78 Å². The van der Waals surface area contributed by atoms with Gasteiger partial charge in [0, 0.05) is 17.1 Å². The largest absolute Gasteiger partial charge is 0.491 e. The Kier molecular flexibility index (Phi) is 3.50. The van der Waals surface area contributed by atoms with E-state index in [-0.39, 0.29) is 11.7 Å². The topological polar surface area (TPSA) is 67.2 Å². The summed E-state index contributed by atoms with van der Waals surface area (Å²) in [6, 6.07) is 15.0. The summed E-state index contributed by atoms with van der Waals surface area (Å²) in [7, 11) is 0. The molecule has 0 bridgehead atoms. The van der Waals surface area contributed by atoms with E-state index in [1.54, 1.807) is 18.2 Å². The molecule has 0 fully saturated rings. The Labute approximate surface area is 144 Å². The van der Waals surface area contributed by atoms with Crippen molar-refractivity contribution in [3.05, 3.63) is 60.3 Å². The number of carboxylic acids is 1. The van der Waals surface area contributed by atoms with Crippen LogP contribution in [0, 0.1) is 0 Å². The quantitative estimate of drug-likeness (QED) is 0.575. The molecule has 0 spiro atoms. The highest BCUT2D eigenvalue weighted by Crippen LogP contribution is 2.35. The predicted molar refractivity (Wildman–Crippen MR) is 97.0 cm³/mol. The number of carbonyl (C=O) groups is 1. The first-order valence-electron chi connectivity index (χ1n) is 8.15. The maximum atomic E-state index is 11.2. The lowest BCUT2D eigenvalue weighted by molar-refractivity contribution is 0.0697. The molecule has 0 saturated heterocycles. The lowest BCUT2D eigenvalue weighted by Gasteiger charge is -2.09. The van der Waals surface area contributed by atoms with E-state index in [0.29, 0.717) is 0 Å². The van der Waals surface area contributed by atoms with Gasteiger partial charge in [-0.1, -0.05) is 6.07 Å². The fourth-order valence-electron chi connectivity index (χ4n) is 3.07. The number of H-pyrrole nitrogens is 1. The monoisotopic (exact) mass is 334 g/mol. The molecule has 126 valence electrons. The number of aromatic amines is 1. The van der Waals surface area contributed by atoms with Crippen LogP contribution in [0.2, 0.25) is 0 Å². The fourth-order valence-corrected chi connectivity index (χ4v) is 3.07. The number of nitrogens with one attached hydrogen (secondary N) is 1. The van der Waals surface area contributed by atoms with Crippen molar-refractivity contribution in [1.29, 1.82) is 0 Å². The van der Waals surface area contributed by atoms with Crippen LogP contribution in [-0.4, -0.2) is 27.0 Å². The van der Waals surface area contributed by atoms with Crippen molar-refractivity contribution < 1.29 is 14.6 Å². The number of benzene rings is 2. The van der Waals surface area contributed by atoms with Gasteiger partial charge in [-0.3, -0.25) is 9.78 Å². The molecule has 1 aliphatic heterocycles. The zero-order chi connectivity index (χ0) is 17.6. The van der Waals surface area contributed by atoms with Crippen LogP contribution >= 0.6 is 0 Å². The predicted octanol–water partition coefficient (Wildman–Crippen LogP) is 4.55. The Morgan fingerprint density at radius 2 is 2.00 bits per heavy atom. The van der Waals surface area contributed by atoms with Crippen molar-refractivity contribution in [3.8, 4) is 22.7 Å². The molecule has 5 nitrogen and oxygen atoms in total. The SMILES string of the molecule is CC(C)Oc1ccc2c3[nH]n(-c4cccc(C(=O)O)c4)cc-3cc2c1. The molecule has 25 heavy (non-hydrogen) atoms. The third kappa shape index (κ3) is 2.74. The van der Waals surface area contributed by atoms with Crippen molar-refractivity contribution in [2.75, 3.05) is 0 Å². The summed E-state index contributed by atoms with van der Waals surface area (Å²) in [5.41, 5.74) is 3.13. The molecule has 0 radical (unpaired) electrons. The molecule has 0 amide bonds. The normalized spacial score (nSPS) is 11.5. The van der Waals surface area contributed by atoms with Gasteiger partial charge in [0.25, 0.3) is 0 Å². The molecule has 2 aromatic carbocycles. The minimum atomic E-state index is -0.934. The van der Waals surface area contributed by atoms with E-state index >= 15 is 0 Å². The van der Waals surface area contributed by atoms with Crippen LogP contribution in [0.15, 0.2) is 54.7 Å². The van der Waals surface area contributed by atoms with Gasteiger partial charge < -0.3 is 9.84 Å². The third-order valence-electron chi connectivity index (χ3n) is 4.14. The second kappa shape index (κ2) is 5.70. The Bertz CT molecular complexity index is 1040. The highest BCUT2D eigenvalue weighted by Gasteiger charge is 2.15. The van der Waals surface area contributed by atoms with E-state index in [9.17, 15) is 4.79 Å². The molecule has 1 aliphatic carbocycles. The van der Waals surface area contributed by atoms with Gasteiger partial charge >= 0.3 is 5.97 Å². The van der Waals surface area contributed by atoms with Crippen molar-refractivity contribution >= 4 is 16.7 Å². The molecule has 0 aromatic heterocycles. The highest BCUT2D eigenvalue weighted by molar-refractivity contribution is 6.01. The molecule has 2 aliphatic rings. The number of rotatable bonds is 4. The molecule has 0 atom stereocenters. The summed E-state index contributed by atoms with van der Waals surface area (Å²) >= 11 is 0. The van der Waals surface area contributed by atoms with E-state index in [0.717, 1.165) is 33.5 Å². The first kappa shape index (κ1) is 15.3. The van der Waals surface area contributed by atoms with Crippen LogP contribution in [0.1, 0.15) is 24.2 Å². The minimum Gasteiger partial charge on any atom is -0.491 e. The zero-order valence-electron chi connectivity index (χ0n) is 14.0. The van der Waals surface area contributed by atoms with Gasteiger partial charge in [0.05, 0.1) is 23.0 Å². The maximum absolute atomic E-state index is 11.2. The molecule has 0 unspecified atom stereocenters. The number of hydrogen-bond donors (Lipinski definition) is 2. The number of carboxylic acid groups (broad SMARTS) is 1. The van der Waals surface area contributed by atoms with E-state index < -0.39 is 5.97 Å². The minimum absolute atomic E-state index is 0.140. The summed E-state index contributed by atoms with van der Waals surface area (Å²) < 4.78 is 7.59. The van der Waals surface area contributed by atoms with E-state index in [4.69, 9.17) is 9.84 Å². The Balaban J connectivity index is 1.77. The fraction of sp³-hybridized carbons (Fsp3) is 0.150. The average molecular weight is 334 g/mol. The van der Waals surface area contributed by atoms with E-state index in [1.807, 2.05) is 49.0 Å². The van der Waals surface area contributed by atoms with E-state index in [1.165, 1.54) is 0 Å². The Morgan fingerprint density at radius 1 is 1.16 bits per heavy atom. The summed E-state index contributed by atoms with van der Waals surface area (Å²) in [6.07, 6.45) is 2.11. The summed E-state index contributed by atoms with van der Waals surface area (Å²) in [4.78, 5) is 11.2. The van der Waals surface area contributed by atoms with Gasteiger partial charge in [0.2, 0.25) is 0 Å². The smallest absolute Gasteiger partial charge is 0.335 e. The van der Waals surface area contributed by atoms with Gasteiger partial charge in [-0.15, -0.1) is 0 Å². The number of aromatic nitrogens is 2. The number of fused-ring (bicyclic) bond motifs is 3. The summed E-state index contributed by atoms with van der Waals surface area (Å²) in [5.74, 6) is -0.0756. The molecule has 5 heteroatoms. The molecule has 2 aromatic rings. The second-order valence-corrected chi connectivity index (χ2v) is 6.36. The van der Waals surface area contributed by atoms with Crippen LogP contribution in [0.4, 0.5) is 0 Å².